The summed E-state index contributed by atoms with van der Waals surface area (Å²) in [6, 6.07) is 0. The van der Waals surface area contributed by atoms with Gasteiger partial charge in [-0.15, -0.1) is 0 Å². The van der Waals surface area contributed by atoms with Crippen molar-refractivity contribution in [3.05, 3.63) is 30.0 Å². The first kappa shape index (κ1) is 7.72. The molecule has 1 aliphatic heterocycles. The summed E-state index contributed by atoms with van der Waals surface area (Å²) in [7, 11) is 0. The van der Waals surface area contributed by atoms with Crippen LogP contribution in [0.15, 0.2) is 23.6 Å². The number of carbonyl (C=O) groups is 1. The molecular formula is C8H8N4O. The molecule has 1 aliphatic rings. The van der Waals surface area contributed by atoms with E-state index in [-0.39, 0.29) is 5.69 Å². The third-order valence-corrected chi connectivity index (χ3v) is 1.80. The number of rotatable bonds is 1. The lowest BCUT2D eigenvalue weighted by molar-refractivity contribution is 0.0996. The minimum Gasteiger partial charge on any atom is -0.364 e. The summed E-state index contributed by atoms with van der Waals surface area (Å²) in [6.07, 6.45) is 6.71. The van der Waals surface area contributed by atoms with Crippen molar-refractivity contribution in [2.75, 3.05) is 0 Å². The summed E-state index contributed by atoms with van der Waals surface area (Å²) in [4.78, 5) is 18.8. The summed E-state index contributed by atoms with van der Waals surface area (Å²) in [5.74, 6) is -0.526. The lowest BCUT2D eigenvalue weighted by atomic mass is 10.3. The molecule has 0 saturated carbocycles. The van der Waals surface area contributed by atoms with Crippen molar-refractivity contribution in [2.45, 2.75) is 6.54 Å². The standard InChI is InChI=1S/C8H8N4O/c9-8(13)7-6-4-10-2-1-3-12(6)5-11-7/h1-2,4-5H,3H2,(H2,9,13). The zero-order valence-electron chi connectivity index (χ0n) is 6.84. The molecule has 0 aliphatic carbocycles. The van der Waals surface area contributed by atoms with Crippen LogP contribution in [0.25, 0.3) is 0 Å². The van der Waals surface area contributed by atoms with Crippen LogP contribution in [0.1, 0.15) is 16.2 Å². The molecule has 1 aromatic rings. The molecule has 0 fully saturated rings. The Kier molecular flexibility index (Phi) is 1.70. The summed E-state index contributed by atoms with van der Waals surface area (Å²) in [5.41, 5.74) is 6.07. The van der Waals surface area contributed by atoms with Crippen LogP contribution in [0.2, 0.25) is 0 Å². The van der Waals surface area contributed by atoms with Crippen molar-refractivity contribution in [1.29, 1.82) is 0 Å². The Labute approximate surface area is 74.6 Å². The zero-order valence-corrected chi connectivity index (χ0v) is 6.84. The van der Waals surface area contributed by atoms with Crippen LogP contribution in [0.5, 0.6) is 0 Å². The van der Waals surface area contributed by atoms with Crippen LogP contribution in [-0.4, -0.2) is 21.7 Å². The largest absolute Gasteiger partial charge is 0.364 e. The number of aromatic nitrogens is 2. The smallest absolute Gasteiger partial charge is 0.269 e. The maximum absolute atomic E-state index is 10.9. The number of allylic oxidation sites excluding steroid dienone is 1. The average Bonchev–Trinajstić information content (AvgIpc) is 2.36. The molecule has 0 aromatic carbocycles. The van der Waals surface area contributed by atoms with E-state index in [2.05, 4.69) is 9.98 Å². The van der Waals surface area contributed by atoms with E-state index in [1.165, 1.54) is 0 Å². The molecule has 0 radical (unpaired) electrons. The molecule has 5 heteroatoms. The number of hydrogen-bond donors (Lipinski definition) is 1. The number of nitrogens with zero attached hydrogens (tertiary/aromatic N) is 3. The summed E-state index contributed by atoms with van der Waals surface area (Å²) in [5, 5.41) is 0. The Morgan fingerprint density at radius 1 is 1.62 bits per heavy atom. The molecule has 0 atom stereocenters. The van der Waals surface area contributed by atoms with Gasteiger partial charge in [0, 0.05) is 12.7 Å². The van der Waals surface area contributed by atoms with E-state index >= 15 is 0 Å². The number of amides is 1. The van der Waals surface area contributed by atoms with Crippen LogP contribution in [-0.2, 0) is 6.54 Å². The summed E-state index contributed by atoms with van der Waals surface area (Å²) >= 11 is 0. The highest BCUT2D eigenvalue weighted by Gasteiger charge is 2.13. The molecule has 2 N–H and O–H groups in total. The lowest BCUT2D eigenvalue weighted by Crippen LogP contribution is -2.14. The third-order valence-electron chi connectivity index (χ3n) is 1.80. The maximum atomic E-state index is 10.9. The lowest BCUT2D eigenvalue weighted by Gasteiger charge is -1.98. The Hall–Kier alpha value is -1.91. The molecule has 13 heavy (non-hydrogen) atoms. The normalized spacial score (nSPS) is 13.8. The number of imidazole rings is 1. The quantitative estimate of drug-likeness (QED) is 0.650. The molecule has 66 valence electrons. The second-order valence-corrected chi connectivity index (χ2v) is 2.66. The highest BCUT2D eigenvalue weighted by atomic mass is 16.1. The van der Waals surface area contributed by atoms with Crippen LogP contribution < -0.4 is 5.73 Å². The summed E-state index contributed by atoms with van der Waals surface area (Å²) in [6.45, 7) is 0.662. The van der Waals surface area contributed by atoms with E-state index in [0.29, 0.717) is 12.2 Å². The number of carbonyl (C=O) groups excluding carboxylic acids is 1. The fourth-order valence-electron chi connectivity index (χ4n) is 1.20. The average molecular weight is 176 g/mol. The van der Waals surface area contributed by atoms with Crippen LogP contribution >= 0.6 is 0 Å². The first-order chi connectivity index (χ1) is 6.29. The van der Waals surface area contributed by atoms with E-state index in [1.54, 1.807) is 18.7 Å². The number of primary amides is 1. The number of fused-ring (bicyclic) bond motifs is 1. The van der Waals surface area contributed by atoms with Crippen molar-refractivity contribution in [3.8, 4) is 0 Å². The van der Waals surface area contributed by atoms with Gasteiger partial charge in [0.2, 0.25) is 0 Å². The molecular weight excluding hydrogens is 168 g/mol. The monoisotopic (exact) mass is 176 g/mol. The molecule has 5 nitrogen and oxygen atoms in total. The van der Waals surface area contributed by atoms with Gasteiger partial charge in [0.05, 0.1) is 18.2 Å². The highest BCUT2D eigenvalue weighted by molar-refractivity contribution is 5.99. The van der Waals surface area contributed by atoms with E-state index in [4.69, 9.17) is 5.73 Å². The van der Waals surface area contributed by atoms with Crippen molar-refractivity contribution < 1.29 is 4.79 Å². The fraction of sp³-hybridized carbons (Fsp3) is 0.125. The second-order valence-electron chi connectivity index (χ2n) is 2.66. The Balaban J connectivity index is 2.54. The molecule has 0 saturated heterocycles. The third kappa shape index (κ3) is 1.24. The van der Waals surface area contributed by atoms with Gasteiger partial charge < -0.3 is 10.3 Å². The minimum absolute atomic E-state index is 0.271. The van der Waals surface area contributed by atoms with Crippen LogP contribution in [0.3, 0.4) is 0 Å². The van der Waals surface area contributed by atoms with Gasteiger partial charge in [0.15, 0.2) is 5.69 Å². The molecule has 2 heterocycles. The zero-order chi connectivity index (χ0) is 9.26. The van der Waals surface area contributed by atoms with E-state index < -0.39 is 5.91 Å². The SMILES string of the molecule is NC(=O)c1ncn2c1C=NC=CC2. The molecule has 2 rings (SSSR count). The van der Waals surface area contributed by atoms with E-state index in [1.807, 2.05) is 10.6 Å². The van der Waals surface area contributed by atoms with Crippen molar-refractivity contribution in [1.82, 2.24) is 9.55 Å². The van der Waals surface area contributed by atoms with Crippen molar-refractivity contribution in [3.63, 3.8) is 0 Å². The van der Waals surface area contributed by atoms with Gasteiger partial charge in [-0.05, 0) is 6.08 Å². The predicted molar refractivity (Wildman–Crippen MR) is 47.5 cm³/mol. The van der Waals surface area contributed by atoms with Gasteiger partial charge in [0.25, 0.3) is 5.91 Å². The molecule has 0 unspecified atom stereocenters. The number of aliphatic imine (C=N–C) groups is 1. The predicted octanol–water partition coefficient (Wildman–Crippen LogP) is -0.0718. The number of nitrogens with two attached hydrogens (primary N) is 1. The Bertz CT molecular complexity index is 402. The Morgan fingerprint density at radius 3 is 3.23 bits per heavy atom. The minimum atomic E-state index is -0.526. The Morgan fingerprint density at radius 2 is 2.46 bits per heavy atom. The van der Waals surface area contributed by atoms with Crippen molar-refractivity contribution in [2.24, 2.45) is 10.7 Å². The number of hydrogen-bond acceptors (Lipinski definition) is 3. The molecule has 1 amide bonds. The molecule has 0 bridgehead atoms. The van der Waals surface area contributed by atoms with Gasteiger partial charge in [0.1, 0.15) is 0 Å². The van der Waals surface area contributed by atoms with Gasteiger partial charge in [-0.3, -0.25) is 9.79 Å². The molecule has 0 spiro atoms. The highest BCUT2D eigenvalue weighted by Crippen LogP contribution is 2.07. The fourth-order valence-corrected chi connectivity index (χ4v) is 1.20. The maximum Gasteiger partial charge on any atom is 0.269 e. The first-order valence-corrected chi connectivity index (χ1v) is 3.82. The van der Waals surface area contributed by atoms with Gasteiger partial charge >= 0.3 is 0 Å². The van der Waals surface area contributed by atoms with Gasteiger partial charge in [-0.25, -0.2) is 4.98 Å². The van der Waals surface area contributed by atoms with Crippen molar-refractivity contribution >= 4 is 12.1 Å². The second kappa shape index (κ2) is 2.85. The van der Waals surface area contributed by atoms with Gasteiger partial charge in [-0.1, -0.05) is 0 Å². The van der Waals surface area contributed by atoms with E-state index in [0.717, 1.165) is 0 Å². The van der Waals surface area contributed by atoms with Gasteiger partial charge in [-0.2, -0.15) is 0 Å². The van der Waals surface area contributed by atoms with Crippen LogP contribution in [0.4, 0.5) is 0 Å². The van der Waals surface area contributed by atoms with Crippen LogP contribution in [0, 0.1) is 0 Å². The first-order valence-electron chi connectivity index (χ1n) is 3.82. The summed E-state index contributed by atoms with van der Waals surface area (Å²) < 4.78 is 1.81. The molecule has 1 aromatic heterocycles. The van der Waals surface area contributed by atoms with E-state index in [9.17, 15) is 4.79 Å². The topological polar surface area (TPSA) is 73.3 Å².